The Balaban J connectivity index is 5.12. The van der Waals surface area contributed by atoms with Gasteiger partial charge in [-0.1, -0.05) is 0 Å². The van der Waals surface area contributed by atoms with E-state index >= 15 is 0 Å². The van der Waals surface area contributed by atoms with Crippen LogP contribution in [0.4, 0.5) is 13.2 Å². The highest BCUT2D eigenvalue weighted by Gasteiger charge is 2.38. The standard InChI is InChI=1S/C11H14F3NO5/c1-3-19-8(16)6-15-5-7(10(18)20-4-2)9(17)11(12,13)14/h5,17H,3-4,6H2,1-2H3. The Morgan fingerprint density at radius 3 is 2.20 bits per heavy atom. The summed E-state index contributed by atoms with van der Waals surface area (Å²) in [5.74, 6) is -4.31. The second kappa shape index (κ2) is 8.18. The molecule has 0 heterocycles. The Morgan fingerprint density at radius 1 is 1.20 bits per heavy atom. The van der Waals surface area contributed by atoms with Crippen LogP contribution < -0.4 is 0 Å². The molecule has 0 radical (unpaired) electrons. The molecule has 0 aromatic rings. The topological polar surface area (TPSA) is 85.2 Å². The third-order valence-electron chi connectivity index (χ3n) is 1.77. The van der Waals surface area contributed by atoms with Gasteiger partial charge in [0, 0.05) is 6.21 Å². The number of carbonyl (C=O) groups is 2. The van der Waals surface area contributed by atoms with Gasteiger partial charge in [0.2, 0.25) is 5.76 Å². The van der Waals surface area contributed by atoms with Crippen LogP contribution in [0.2, 0.25) is 0 Å². The molecule has 0 saturated heterocycles. The number of rotatable bonds is 6. The summed E-state index contributed by atoms with van der Waals surface area (Å²) in [6, 6.07) is 0. The van der Waals surface area contributed by atoms with Gasteiger partial charge in [-0.3, -0.25) is 9.79 Å². The molecule has 0 atom stereocenters. The number of ether oxygens (including phenoxy) is 2. The van der Waals surface area contributed by atoms with Gasteiger partial charge < -0.3 is 14.6 Å². The first kappa shape index (κ1) is 17.9. The summed E-state index contributed by atoms with van der Waals surface area (Å²) in [6.45, 7) is 2.25. The number of carbonyl (C=O) groups excluding carboxylic acids is 2. The van der Waals surface area contributed by atoms with Gasteiger partial charge >= 0.3 is 18.1 Å². The van der Waals surface area contributed by atoms with E-state index in [0.29, 0.717) is 6.21 Å². The van der Waals surface area contributed by atoms with Crippen LogP contribution in [0.5, 0.6) is 0 Å². The Kier molecular flexibility index (Phi) is 7.34. The smallest absolute Gasteiger partial charge is 0.449 e. The molecule has 0 fully saturated rings. The SMILES string of the molecule is CCOC(=O)CN=CC(C(=O)OCC)=C(O)C(F)(F)F. The maximum Gasteiger partial charge on any atom is 0.449 e. The lowest BCUT2D eigenvalue weighted by Crippen LogP contribution is -2.20. The first-order valence-electron chi connectivity index (χ1n) is 5.57. The average molecular weight is 297 g/mol. The largest absolute Gasteiger partial charge is 0.504 e. The van der Waals surface area contributed by atoms with E-state index in [-0.39, 0.29) is 13.2 Å². The fourth-order valence-corrected chi connectivity index (χ4v) is 0.990. The molecule has 0 bridgehead atoms. The summed E-state index contributed by atoms with van der Waals surface area (Å²) < 4.78 is 45.9. The van der Waals surface area contributed by atoms with Crippen molar-refractivity contribution in [3.63, 3.8) is 0 Å². The van der Waals surface area contributed by atoms with E-state index in [1.54, 1.807) is 6.92 Å². The third kappa shape index (κ3) is 6.21. The second-order valence-corrected chi connectivity index (χ2v) is 3.26. The highest BCUT2D eigenvalue weighted by atomic mass is 19.4. The van der Waals surface area contributed by atoms with Crippen molar-refractivity contribution < 1.29 is 37.3 Å². The Bertz CT molecular complexity index is 415. The van der Waals surface area contributed by atoms with E-state index in [1.807, 2.05) is 0 Å². The Hall–Kier alpha value is -2.06. The first-order valence-corrected chi connectivity index (χ1v) is 5.57. The fourth-order valence-electron chi connectivity index (χ4n) is 0.990. The molecule has 0 aliphatic heterocycles. The van der Waals surface area contributed by atoms with Crippen LogP contribution >= 0.6 is 0 Å². The van der Waals surface area contributed by atoms with Crippen molar-refractivity contribution in [1.82, 2.24) is 0 Å². The van der Waals surface area contributed by atoms with Gasteiger partial charge in [0.15, 0.2) is 0 Å². The Morgan fingerprint density at radius 2 is 1.75 bits per heavy atom. The zero-order valence-electron chi connectivity index (χ0n) is 10.9. The number of alkyl halides is 3. The maximum absolute atomic E-state index is 12.3. The van der Waals surface area contributed by atoms with Crippen LogP contribution in [0.3, 0.4) is 0 Å². The number of nitrogens with zero attached hydrogens (tertiary/aromatic N) is 1. The highest BCUT2D eigenvalue weighted by molar-refractivity contribution is 6.10. The summed E-state index contributed by atoms with van der Waals surface area (Å²) in [5, 5.41) is 8.96. The van der Waals surface area contributed by atoms with Gasteiger partial charge in [0.1, 0.15) is 12.1 Å². The van der Waals surface area contributed by atoms with Gasteiger partial charge in [0.05, 0.1) is 13.2 Å². The lowest BCUT2D eigenvalue weighted by atomic mass is 10.2. The molecule has 1 N–H and O–H groups in total. The molecular weight excluding hydrogens is 283 g/mol. The van der Waals surface area contributed by atoms with Crippen LogP contribution in [0.25, 0.3) is 0 Å². The summed E-state index contributed by atoms with van der Waals surface area (Å²) in [6.07, 6.45) is -4.70. The van der Waals surface area contributed by atoms with E-state index in [1.165, 1.54) is 6.92 Å². The molecule has 0 spiro atoms. The minimum absolute atomic E-state index is 0.0860. The van der Waals surface area contributed by atoms with Gasteiger partial charge in [-0.25, -0.2) is 4.79 Å². The second-order valence-electron chi connectivity index (χ2n) is 3.26. The predicted molar refractivity (Wildman–Crippen MR) is 62.3 cm³/mol. The van der Waals surface area contributed by atoms with Gasteiger partial charge in [-0.05, 0) is 13.8 Å². The third-order valence-corrected chi connectivity index (χ3v) is 1.77. The zero-order valence-corrected chi connectivity index (χ0v) is 10.9. The molecular formula is C11H14F3NO5. The number of hydrogen-bond donors (Lipinski definition) is 1. The Labute approximate surface area is 112 Å². The molecule has 0 aliphatic carbocycles. The van der Waals surface area contributed by atoms with E-state index in [2.05, 4.69) is 14.5 Å². The first-order chi connectivity index (χ1) is 9.23. The summed E-state index contributed by atoms with van der Waals surface area (Å²) in [4.78, 5) is 25.5. The molecule has 0 aliphatic rings. The van der Waals surface area contributed by atoms with Gasteiger partial charge in [0.25, 0.3) is 0 Å². The lowest BCUT2D eigenvalue weighted by Gasteiger charge is -2.09. The maximum atomic E-state index is 12.3. The lowest BCUT2D eigenvalue weighted by molar-refractivity contribution is -0.142. The van der Waals surface area contributed by atoms with Crippen LogP contribution in [0.15, 0.2) is 16.3 Å². The normalized spacial score (nSPS) is 13.1. The summed E-state index contributed by atoms with van der Waals surface area (Å²) >= 11 is 0. The van der Waals surface area contributed by atoms with Crippen molar-refractivity contribution in [2.75, 3.05) is 19.8 Å². The number of esters is 2. The van der Waals surface area contributed by atoms with Crippen LogP contribution in [0.1, 0.15) is 13.8 Å². The van der Waals surface area contributed by atoms with E-state index < -0.39 is 36.0 Å². The van der Waals surface area contributed by atoms with Crippen molar-refractivity contribution in [2.45, 2.75) is 20.0 Å². The molecule has 6 nitrogen and oxygen atoms in total. The van der Waals surface area contributed by atoms with Crippen LogP contribution in [-0.2, 0) is 19.1 Å². The number of halogens is 3. The molecule has 114 valence electrons. The molecule has 20 heavy (non-hydrogen) atoms. The van der Waals surface area contributed by atoms with Crippen LogP contribution in [-0.4, -0.2) is 49.2 Å². The van der Waals surface area contributed by atoms with Gasteiger partial charge in [-0.15, -0.1) is 0 Å². The molecule has 0 unspecified atom stereocenters. The molecule has 9 heteroatoms. The van der Waals surface area contributed by atoms with Crippen molar-refractivity contribution in [3.8, 4) is 0 Å². The van der Waals surface area contributed by atoms with E-state index in [0.717, 1.165) is 0 Å². The number of allylic oxidation sites excluding steroid dienone is 1. The minimum atomic E-state index is -5.13. The molecule has 0 saturated carbocycles. The predicted octanol–water partition coefficient (Wildman–Crippen LogP) is 1.56. The van der Waals surface area contributed by atoms with Crippen LogP contribution in [0, 0.1) is 0 Å². The molecule has 0 rings (SSSR count). The highest BCUT2D eigenvalue weighted by Crippen LogP contribution is 2.25. The van der Waals surface area contributed by atoms with Crippen molar-refractivity contribution >= 4 is 18.2 Å². The van der Waals surface area contributed by atoms with E-state index in [9.17, 15) is 22.8 Å². The van der Waals surface area contributed by atoms with Crippen molar-refractivity contribution in [3.05, 3.63) is 11.3 Å². The fraction of sp³-hybridized carbons (Fsp3) is 0.545. The summed E-state index contributed by atoms with van der Waals surface area (Å²) in [5.41, 5.74) is -1.18. The molecule has 0 aromatic carbocycles. The van der Waals surface area contributed by atoms with E-state index in [4.69, 9.17) is 5.11 Å². The minimum Gasteiger partial charge on any atom is -0.504 e. The van der Waals surface area contributed by atoms with Gasteiger partial charge in [-0.2, -0.15) is 13.2 Å². The zero-order chi connectivity index (χ0) is 15.8. The monoisotopic (exact) mass is 297 g/mol. The van der Waals surface area contributed by atoms with Crippen molar-refractivity contribution in [2.24, 2.45) is 4.99 Å². The average Bonchev–Trinajstić information content (AvgIpc) is 2.33. The van der Waals surface area contributed by atoms with Crippen molar-refractivity contribution in [1.29, 1.82) is 0 Å². The number of aliphatic hydroxyl groups is 1. The number of aliphatic imine (C=N–C) groups is 1. The number of hydrogen-bond acceptors (Lipinski definition) is 6. The quantitative estimate of drug-likeness (QED) is 0.348. The number of aliphatic hydroxyl groups excluding tert-OH is 1. The summed E-state index contributed by atoms with van der Waals surface area (Å²) in [7, 11) is 0. The molecule has 0 aromatic heterocycles. The molecule has 0 amide bonds.